The Labute approximate surface area is 189 Å². The molecule has 1 aliphatic heterocycles. The average Bonchev–Trinajstić information content (AvgIpc) is 3.00. The van der Waals surface area contributed by atoms with Crippen LogP contribution < -0.4 is 0 Å². The van der Waals surface area contributed by atoms with Gasteiger partial charge in [-0.05, 0) is 42.9 Å². The maximum Gasteiger partial charge on any atom is 0.233 e. The number of carbonyl (C=O) groups is 2. The number of amides is 2. The third-order valence-corrected chi connectivity index (χ3v) is 6.77. The minimum absolute atomic E-state index is 0.205. The number of nitrogens with zero attached hydrogens (tertiary/aromatic N) is 1. The van der Waals surface area contributed by atoms with Crippen molar-refractivity contribution in [2.45, 2.75) is 38.7 Å². The van der Waals surface area contributed by atoms with Crippen molar-refractivity contribution >= 4 is 17.9 Å². The fraction of sp³-hybridized carbons (Fsp3) is 0.520. The lowest BCUT2D eigenvalue weighted by atomic mass is 9.68. The smallest absolute Gasteiger partial charge is 0.233 e. The van der Waals surface area contributed by atoms with Gasteiger partial charge in [0.15, 0.2) is 0 Å². The molecule has 0 unspecified atom stereocenters. The van der Waals surface area contributed by atoms with E-state index in [2.05, 4.69) is 0 Å². The van der Waals surface area contributed by atoms with Crippen LogP contribution in [0.1, 0.15) is 38.2 Å². The van der Waals surface area contributed by atoms with Gasteiger partial charge in [-0.25, -0.2) is 0 Å². The highest BCUT2D eigenvalue weighted by Gasteiger charge is 2.53. The number of aliphatic hydroxyl groups excluding tert-OH is 2. The number of hydrogen-bond acceptors (Lipinski definition) is 6. The number of fused-ring (bicyclic) bond motifs is 1. The van der Waals surface area contributed by atoms with Gasteiger partial charge in [0.05, 0.1) is 31.2 Å². The SMILES string of the molecule is CC/C(=C\c1ccccc1O)CC[C@@H](O)C1=C(COC)C[C@H]2C(=O)N(C)C(=O)[C@H]2[C@H]1CO. The van der Waals surface area contributed by atoms with E-state index in [0.29, 0.717) is 24.8 Å². The predicted octanol–water partition coefficient (Wildman–Crippen LogP) is 2.51. The van der Waals surface area contributed by atoms with Crippen LogP contribution >= 0.6 is 0 Å². The van der Waals surface area contributed by atoms with Gasteiger partial charge in [-0.15, -0.1) is 0 Å². The molecule has 2 amide bonds. The van der Waals surface area contributed by atoms with Crippen molar-refractivity contribution in [3.63, 3.8) is 0 Å². The van der Waals surface area contributed by atoms with E-state index in [1.165, 1.54) is 7.05 Å². The first kappa shape index (κ1) is 24.2. The van der Waals surface area contributed by atoms with Crippen molar-refractivity contribution in [2.75, 3.05) is 27.4 Å². The molecular formula is C25H33NO6. The van der Waals surface area contributed by atoms with Crippen molar-refractivity contribution in [1.29, 1.82) is 0 Å². The van der Waals surface area contributed by atoms with Gasteiger partial charge in [0.2, 0.25) is 11.8 Å². The van der Waals surface area contributed by atoms with Gasteiger partial charge < -0.3 is 20.1 Å². The number of aliphatic hydroxyl groups is 2. The Bertz CT molecular complexity index is 921. The average molecular weight is 444 g/mol. The molecular weight excluding hydrogens is 410 g/mol. The van der Waals surface area contributed by atoms with E-state index in [-0.39, 0.29) is 30.8 Å². The second-order valence-electron chi connectivity index (χ2n) is 8.62. The lowest BCUT2D eigenvalue weighted by Gasteiger charge is -2.36. The van der Waals surface area contributed by atoms with E-state index in [1.54, 1.807) is 19.2 Å². The number of para-hydroxylation sites is 1. The van der Waals surface area contributed by atoms with Gasteiger partial charge in [-0.1, -0.05) is 36.8 Å². The number of carbonyl (C=O) groups excluding carboxylic acids is 2. The van der Waals surface area contributed by atoms with E-state index in [4.69, 9.17) is 4.74 Å². The maximum absolute atomic E-state index is 12.7. The molecule has 0 spiro atoms. The molecule has 2 aliphatic rings. The van der Waals surface area contributed by atoms with Crippen LogP contribution in [-0.4, -0.2) is 65.5 Å². The van der Waals surface area contributed by atoms with Crippen LogP contribution in [0.25, 0.3) is 6.08 Å². The summed E-state index contributed by atoms with van der Waals surface area (Å²) in [7, 11) is 3.02. The van der Waals surface area contributed by atoms with Crippen LogP contribution in [-0.2, 0) is 14.3 Å². The van der Waals surface area contributed by atoms with E-state index in [0.717, 1.165) is 28.0 Å². The van der Waals surface area contributed by atoms with Gasteiger partial charge in [-0.2, -0.15) is 0 Å². The molecule has 0 saturated carbocycles. The number of allylic oxidation sites excluding steroid dienone is 1. The van der Waals surface area contributed by atoms with Gasteiger partial charge in [-0.3, -0.25) is 14.5 Å². The number of phenolic OH excluding ortho intramolecular Hbond substituents is 1. The van der Waals surface area contributed by atoms with Gasteiger partial charge in [0.1, 0.15) is 5.75 Å². The van der Waals surface area contributed by atoms with Gasteiger partial charge in [0, 0.05) is 25.6 Å². The predicted molar refractivity (Wildman–Crippen MR) is 120 cm³/mol. The van der Waals surface area contributed by atoms with E-state index in [9.17, 15) is 24.9 Å². The van der Waals surface area contributed by atoms with Crippen molar-refractivity contribution < 1.29 is 29.6 Å². The molecule has 1 fully saturated rings. The Hall–Kier alpha value is -2.48. The highest BCUT2D eigenvalue weighted by atomic mass is 16.5. The minimum Gasteiger partial charge on any atom is -0.507 e. The summed E-state index contributed by atoms with van der Waals surface area (Å²) in [4.78, 5) is 26.4. The van der Waals surface area contributed by atoms with Crippen molar-refractivity contribution in [2.24, 2.45) is 17.8 Å². The Morgan fingerprint density at radius 1 is 1.28 bits per heavy atom. The largest absolute Gasteiger partial charge is 0.507 e. The monoisotopic (exact) mass is 443 g/mol. The number of benzene rings is 1. The third-order valence-electron chi connectivity index (χ3n) is 6.77. The summed E-state index contributed by atoms with van der Waals surface area (Å²) >= 11 is 0. The van der Waals surface area contributed by atoms with E-state index < -0.39 is 23.9 Å². The molecule has 1 heterocycles. The third kappa shape index (κ3) is 4.65. The van der Waals surface area contributed by atoms with E-state index in [1.807, 2.05) is 25.1 Å². The molecule has 1 aromatic carbocycles. The lowest BCUT2D eigenvalue weighted by molar-refractivity contribution is -0.138. The minimum atomic E-state index is -0.869. The second kappa shape index (κ2) is 10.4. The molecule has 3 N–H and O–H groups in total. The Balaban J connectivity index is 1.85. The zero-order valence-corrected chi connectivity index (χ0v) is 19.0. The van der Waals surface area contributed by atoms with Crippen molar-refractivity contribution in [3.8, 4) is 5.75 Å². The Morgan fingerprint density at radius 3 is 2.62 bits per heavy atom. The number of phenols is 1. The molecule has 1 aliphatic carbocycles. The number of likely N-dealkylation sites (tertiary alicyclic amines) is 1. The first-order chi connectivity index (χ1) is 15.3. The van der Waals surface area contributed by atoms with Crippen LogP contribution in [0.4, 0.5) is 0 Å². The molecule has 32 heavy (non-hydrogen) atoms. The highest BCUT2D eigenvalue weighted by Crippen LogP contribution is 2.46. The molecule has 3 rings (SSSR count). The summed E-state index contributed by atoms with van der Waals surface area (Å²) in [5, 5.41) is 31.4. The summed E-state index contributed by atoms with van der Waals surface area (Å²) < 4.78 is 5.33. The summed E-state index contributed by atoms with van der Waals surface area (Å²) in [5.41, 5.74) is 3.22. The molecule has 7 heteroatoms. The summed E-state index contributed by atoms with van der Waals surface area (Å²) in [6.07, 6.45) is 3.17. The zero-order chi connectivity index (χ0) is 23.4. The Morgan fingerprint density at radius 2 is 2.00 bits per heavy atom. The maximum atomic E-state index is 12.7. The van der Waals surface area contributed by atoms with Crippen molar-refractivity contribution in [3.05, 3.63) is 46.5 Å². The Kier molecular flexibility index (Phi) is 7.87. The van der Waals surface area contributed by atoms with Crippen LogP contribution in [0.3, 0.4) is 0 Å². The first-order valence-electron chi connectivity index (χ1n) is 11.1. The summed E-state index contributed by atoms with van der Waals surface area (Å²) in [6, 6.07) is 7.10. The molecule has 7 nitrogen and oxygen atoms in total. The van der Waals surface area contributed by atoms with Crippen LogP contribution in [0.15, 0.2) is 41.0 Å². The second-order valence-corrected chi connectivity index (χ2v) is 8.62. The van der Waals surface area contributed by atoms with Crippen LogP contribution in [0.5, 0.6) is 5.75 Å². The quantitative estimate of drug-likeness (QED) is 0.400. The number of hydrogen-bond donors (Lipinski definition) is 3. The van der Waals surface area contributed by atoms with Gasteiger partial charge >= 0.3 is 0 Å². The molecule has 0 radical (unpaired) electrons. The molecule has 1 saturated heterocycles. The van der Waals surface area contributed by atoms with Crippen molar-refractivity contribution in [1.82, 2.24) is 4.90 Å². The van der Waals surface area contributed by atoms with Crippen LogP contribution in [0, 0.1) is 17.8 Å². The number of methoxy groups -OCH3 is 1. The fourth-order valence-electron chi connectivity index (χ4n) is 5.08. The first-order valence-corrected chi connectivity index (χ1v) is 11.1. The normalized spacial score (nSPS) is 24.8. The number of imide groups is 1. The lowest BCUT2D eigenvalue weighted by Crippen LogP contribution is -2.39. The number of aromatic hydroxyl groups is 1. The standard InChI is InChI=1S/C25H33NO6/c1-4-15(11-16-7-5-6-8-20(16)28)9-10-21(29)22-17(14-32-3)12-18-23(19(22)13-27)25(31)26(2)24(18)30/h5-8,11,18-19,21,23,27-29H,4,9-10,12-14H2,1-3H3/b15-11+/t18-,19+,21-,23-/m1/s1. The van der Waals surface area contributed by atoms with E-state index >= 15 is 0 Å². The number of ether oxygens (including phenoxy) is 1. The number of rotatable bonds is 9. The topological polar surface area (TPSA) is 107 Å². The molecule has 0 bridgehead atoms. The molecule has 1 aromatic rings. The summed E-state index contributed by atoms with van der Waals surface area (Å²) in [5.74, 6) is -2.10. The summed E-state index contributed by atoms with van der Waals surface area (Å²) in [6.45, 7) is 1.95. The molecule has 174 valence electrons. The van der Waals surface area contributed by atoms with Crippen LogP contribution in [0.2, 0.25) is 0 Å². The van der Waals surface area contributed by atoms with Gasteiger partial charge in [0.25, 0.3) is 0 Å². The molecule has 0 aromatic heterocycles. The highest BCUT2D eigenvalue weighted by molar-refractivity contribution is 6.05. The molecule has 4 atom stereocenters. The fourth-order valence-corrected chi connectivity index (χ4v) is 5.08. The zero-order valence-electron chi connectivity index (χ0n) is 19.0.